The van der Waals surface area contributed by atoms with Gasteiger partial charge in [0.05, 0.1) is 0 Å². The van der Waals surface area contributed by atoms with Gasteiger partial charge in [-0.05, 0) is 0 Å². The predicted octanol–water partition coefficient (Wildman–Crippen LogP) is 15.4. The molecule has 1 heteroatoms. The minimum atomic E-state index is -0.715. The molecule has 0 spiro atoms. The van der Waals surface area contributed by atoms with Crippen LogP contribution in [0.2, 0.25) is 0 Å². The van der Waals surface area contributed by atoms with Gasteiger partial charge < -0.3 is 0 Å². The molecular formula is C56H90Ge. The van der Waals surface area contributed by atoms with E-state index in [0.29, 0.717) is 21.7 Å². The Balaban J connectivity index is 1.88. The Morgan fingerprint density at radius 3 is 0.667 bits per heavy atom. The zero-order chi connectivity index (χ0) is 42.0. The topological polar surface area (TPSA) is 0 Å². The molecule has 0 unspecified atom stereocenters. The molecule has 0 atom stereocenters. The molecule has 0 N–H and O–H groups in total. The van der Waals surface area contributed by atoms with Crippen molar-refractivity contribution in [2.24, 2.45) is 0 Å². The van der Waals surface area contributed by atoms with Crippen molar-refractivity contribution in [2.45, 2.75) is 283 Å². The molecule has 318 valence electrons. The summed E-state index contributed by atoms with van der Waals surface area (Å²) in [5.41, 5.74) is 16.8. The first kappa shape index (κ1) is 45.5. The van der Waals surface area contributed by atoms with Gasteiger partial charge in [-0.25, -0.2) is 0 Å². The SMILES string of the molecule is CCCC1(CCC)CC(C)(C)c2cc3c([c]([Ge][c]4c5c(cc6c4C(CCC)(CCC)CC6(C)C)C(C)(C)CC5(CCC)CCC)c21)C(CCC)(CCC)CC3(C)C. The molecule has 0 saturated heterocycles. The molecule has 4 aliphatic carbocycles. The van der Waals surface area contributed by atoms with E-state index in [4.69, 9.17) is 0 Å². The van der Waals surface area contributed by atoms with Crippen LogP contribution in [0.5, 0.6) is 0 Å². The van der Waals surface area contributed by atoms with Gasteiger partial charge >= 0.3 is 363 Å². The van der Waals surface area contributed by atoms with E-state index >= 15 is 0 Å². The van der Waals surface area contributed by atoms with Gasteiger partial charge in [0.1, 0.15) is 0 Å². The second-order valence-corrected chi connectivity index (χ2v) is 26.3. The van der Waals surface area contributed by atoms with Crippen LogP contribution < -0.4 is 8.79 Å². The quantitative estimate of drug-likeness (QED) is 0.131. The van der Waals surface area contributed by atoms with Gasteiger partial charge in [-0.15, -0.1) is 0 Å². The third-order valence-corrected chi connectivity index (χ3v) is 20.0. The van der Waals surface area contributed by atoms with E-state index in [1.54, 1.807) is 22.3 Å². The van der Waals surface area contributed by atoms with Crippen molar-refractivity contribution in [1.29, 1.82) is 0 Å². The zero-order valence-electron chi connectivity index (χ0n) is 40.8. The normalized spacial score (nSPS) is 23.0. The molecule has 57 heavy (non-hydrogen) atoms. The molecule has 0 fully saturated rings. The fourth-order valence-corrected chi connectivity index (χ4v) is 21.2. The first-order valence-corrected chi connectivity index (χ1v) is 27.1. The molecule has 0 saturated carbocycles. The van der Waals surface area contributed by atoms with Gasteiger partial charge in [0.15, 0.2) is 0 Å². The van der Waals surface area contributed by atoms with Gasteiger partial charge in [0, 0.05) is 0 Å². The molecule has 0 nitrogen and oxygen atoms in total. The van der Waals surface area contributed by atoms with Crippen molar-refractivity contribution in [3.05, 3.63) is 56.6 Å². The number of fused-ring (bicyclic) bond motifs is 4. The van der Waals surface area contributed by atoms with Crippen LogP contribution in [0.1, 0.15) is 284 Å². The molecule has 0 heterocycles. The summed E-state index contributed by atoms with van der Waals surface area (Å²) in [6.07, 6.45) is 26.5. The van der Waals surface area contributed by atoms with E-state index in [0.717, 1.165) is 0 Å². The van der Waals surface area contributed by atoms with Crippen LogP contribution in [0.15, 0.2) is 12.1 Å². The standard InChI is InChI=1S/C56H90Ge/c1-17-25-53(26-18-2)35-49(9,10)39-33-40-44(54(27-19-3,28-20-4)36-50(40,11)12)47(43(39)53)57-48-45-41(51(13,14)37-55(45,29-21-5)30-22-6)34-42-46(48)56(31-23-7,32-24-8)38-52(42,15)16/h33-34H,17-32,35-38H2,1-16H3. The molecule has 6 rings (SSSR count). The van der Waals surface area contributed by atoms with Gasteiger partial charge in [-0.3, -0.25) is 0 Å². The summed E-state index contributed by atoms with van der Waals surface area (Å²) >= 11 is -0.715. The van der Waals surface area contributed by atoms with E-state index in [-0.39, 0.29) is 21.7 Å². The monoisotopic (exact) mass is 837 g/mol. The van der Waals surface area contributed by atoms with Crippen LogP contribution >= 0.6 is 0 Å². The number of hydrogen-bond acceptors (Lipinski definition) is 0. The van der Waals surface area contributed by atoms with E-state index in [2.05, 4.69) is 123 Å². The van der Waals surface area contributed by atoms with Crippen molar-refractivity contribution in [3.63, 3.8) is 0 Å². The number of hydrogen-bond donors (Lipinski definition) is 0. The van der Waals surface area contributed by atoms with Gasteiger partial charge in [0.2, 0.25) is 0 Å². The molecule has 2 aromatic carbocycles. The Bertz CT molecular complexity index is 1500. The van der Waals surface area contributed by atoms with Crippen molar-refractivity contribution in [3.8, 4) is 0 Å². The summed E-state index contributed by atoms with van der Waals surface area (Å²) in [6.45, 7) is 41.3. The maximum atomic E-state index is 2.89. The average molecular weight is 836 g/mol. The second-order valence-electron chi connectivity index (χ2n) is 23.7. The fourth-order valence-electron chi connectivity index (χ4n) is 16.2. The molecule has 0 bridgehead atoms. The van der Waals surface area contributed by atoms with Crippen LogP contribution in [0, 0.1) is 0 Å². The van der Waals surface area contributed by atoms with E-state index in [9.17, 15) is 0 Å². The van der Waals surface area contributed by atoms with Crippen LogP contribution in [-0.2, 0) is 43.3 Å². The Hall–Kier alpha value is -1.02. The van der Waals surface area contributed by atoms with Crippen LogP contribution in [0.4, 0.5) is 0 Å². The van der Waals surface area contributed by atoms with E-state index in [1.807, 2.05) is 31.0 Å². The predicted molar refractivity (Wildman–Crippen MR) is 254 cm³/mol. The summed E-state index contributed by atoms with van der Waals surface area (Å²) in [7, 11) is 0. The van der Waals surface area contributed by atoms with Crippen LogP contribution in [0.3, 0.4) is 0 Å². The molecular weight excluding hydrogens is 745 g/mol. The zero-order valence-corrected chi connectivity index (χ0v) is 42.9. The number of benzene rings is 2. The van der Waals surface area contributed by atoms with Crippen molar-refractivity contribution >= 4 is 24.2 Å². The second kappa shape index (κ2) is 16.0. The summed E-state index contributed by atoms with van der Waals surface area (Å²) < 4.78 is 3.99. The summed E-state index contributed by atoms with van der Waals surface area (Å²) in [5, 5.41) is 0. The van der Waals surface area contributed by atoms with E-state index in [1.165, 1.54) is 128 Å². The average Bonchev–Trinajstić information content (AvgIpc) is 3.65. The van der Waals surface area contributed by atoms with Gasteiger partial charge in [-0.1, -0.05) is 0 Å². The third-order valence-electron chi connectivity index (χ3n) is 16.9. The molecule has 2 radical (unpaired) electrons. The van der Waals surface area contributed by atoms with Crippen LogP contribution in [0.25, 0.3) is 0 Å². The first-order valence-electron chi connectivity index (χ1n) is 25.0. The molecule has 0 amide bonds. The molecule has 0 aliphatic heterocycles. The minimum absolute atomic E-state index is 0.208. The summed E-state index contributed by atoms with van der Waals surface area (Å²) in [4.78, 5) is 0. The van der Waals surface area contributed by atoms with Crippen molar-refractivity contribution in [1.82, 2.24) is 0 Å². The molecule has 0 aromatic heterocycles. The van der Waals surface area contributed by atoms with Crippen LogP contribution in [-0.4, -0.2) is 15.4 Å². The third kappa shape index (κ3) is 7.14. The number of rotatable bonds is 18. The summed E-state index contributed by atoms with van der Waals surface area (Å²) in [5.74, 6) is 0. The first-order chi connectivity index (χ1) is 26.7. The maximum absolute atomic E-state index is 2.89. The summed E-state index contributed by atoms with van der Waals surface area (Å²) in [6, 6.07) is 5.78. The van der Waals surface area contributed by atoms with E-state index < -0.39 is 15.4 Å². The Kier molecular flexibility index (Phi) is 12.8. The molecule has 4 aliphatic rings. The fraction of sp³-hybridized carbons (Fsp3) is 0.786. The van der Waals surface area contributed by atoms with Gasteiger partial charge in [0.25, 0.3) is 0 Å². The van der Waals surface area contributed by atoms with Crippen molar-refractivity contribution in [2.75, 3.05) is 0 Å². The Morgan fingerprint density at radius 2 is 0.509 bits per heavy atom. The molecule has 2 aromatic rings. The Labute approximate surface area is 361 Å². The van der Waals surface area contributed by atoms with Gasteiger partial charge in [-0.2, -0.15) is 0 Å². The van der Waals surface area contributed by atoms with Crippen molar-refractivity contribution < 1.29 is 0 Å². The Morgan fingerprint density at radius 1 is 0.333 bits per heavy atom.